The van der Waals surface area contributed by atoms with Crippen molar-refractivity contribution in [1.82, 2.24) is 0 Å². The van der Waals surface area contributed by atoms with Crippen LogP contribution in [0.3, 0.4) is 0 Å². The van der Waals surface area contributed by atoms with Gasteiger partial charge in [0.15, 0.2) is 11.4 Å². The van der Waals surface area contributed by atoms with Crippen LogP contribution < -0.4 is 15.0 Å². The van der Waals surface area contributed by atoms with E-state index in [0.29, 0.717) is 18.2 Å². The Morgan fingerprint density at radius 1 is 1.13 bits per heavy atom. The predicted octanol–water partition coefficient (Wildman–Crippen LogP) is 8.33. The van der Waals surface area contributed by atoms with Crippen molar-refractivity contribution in [3.63, 3.8) is 0 Å². The lowest BCUT2D eigenvalue weighted by atomic mass is 9.97. The molecule has 0 radical (unpaired) electrons. The Labute approximate surface area is 235 Å². The second kappa shape index (κ2) is 11.6. The molecular weight excluding hydrogens is 606 g/mol. The number of carbonyl (C=O) groups excluding carboxylic acids is 2. The van der Waals surface area contributed by atoms with Crippen molar-refractivity contribution >= 4 is 56.4 Å². The average Bonchev–Trinajstić information content (AvgIpc) is 2.90. The highest BCUT2D eigenvalue weighted by atomic mass is 79.9. The van der Waals surface area contributed by atoms with E-state index in [2.05, 4.69) is 26.1 Å². The van der Waals surface area contributed by atoms with Crippen LogP contribution in [-0.2, 0) is 5.67 Å². The molecule has 39 heavy (non-hydrogen) atoms. The molecule has 0 spiro atoms. The first-order chi connectivity index (χ1) is 18.3. The van der Waals surface area contributed by atoms with Gasteiger partial charge in [0.1, 0.15) is 0 Å². The van der Waals surface area contributed by atoms with Crippen LogP contribution >= 0.6 is 27.5 Å². The van der Waals surface area contributed by atoms with E-state index in [1.54, 1.807) is 13.0 Å². The Balaban J connectivity index is 1.98. The molecule has 0 aromatic heterocycles. The summed E-state index contributed by atoms with van der Waals surface area (Å²) in [6, 6.07) is 12.3. The van der Waals surface area contributed by atoms with Crippen molar-refractivity contribution in [2.45, 2.75) is 25.7 Å². The summed E-state index contributed by atoms with van der Waals surface area (Å²) in [5, 5.41) is 2.18. The molecule has 1 atom stereocenters. The number of ether oxygens (including phenoxy) is 1. The summed E-state index contributed by atoms with van der Waals surface area (Å²) in [7, 11) is 1.31. The number of benzene rings is 3. The van der Waals surface area contributed by atoms with Crippen LogP contribution in [0.15, 0.2) is 59.1 Å². The topological polar surface area (TPSA) is 63.0 Å². The van der Waals surface area contributed by atoms with Gasteiger partial charge >= 0.3 is 6.18 Å². The Hall–Kier alpha value is -3.62. The third-order valence-electron chi connectivity index (χ3n) is 5.89. The summed E-state index contributed by atoms with van der Waals surface area (Å²) < 4.78 is 59.4. The summed E-state index contributed by atoms with van der Waals surface area (Å²) in [5.74, 6) is -1.08. The van der Waals surface area contributed by atoms with Crippen LogP contribution in [-0.4, -0.2) is 31.6 Å². The van der Waals surface area contributed by atoms with Gasteiger partial charge in [0.05, 0.1) is 35.6 Å². The molecule has 0 saturated heterocycles. The highest BCUT2D eigenvalue weighted by Gasteiger charge is 2.53. The van der Waals surface area contributed by atoms with Gasteiger partial charge in [-0.05, 0) is 54.0 Å². The highest BCUT2D eigenvalue weighted by Crippen LogP contribution is 2.45. The van der Waals surface area contributed by atoms with E-state index in [1.807, 2.05) is 0 Å². The molecule has 0 bridgehead atoms. The number of rotatable bonds is 7. The average molecular weight is 627 g/mol. The fourth-order valence-electron chi connectivity index (χ4n) is 3.70. The fraction of sp³-hybridized carbons (Fsp3) is 0.222. The quantitative estimate of drug-likeness (QED) is 0.212. The summed E-state index contributed by atoms with van der Waals surface area (Å²) in [5.41, 5.74) is -3.53. The number of alkyl halides is 4. The van der Waals surface area contributed by atoms with Gasteiger partial charge in [0.25, 0.3) is 11.8 Å². The van der Waals surface area contributed by atoms with Crippen LogP contribution in [0.4, 0.5) is 34.6 Å². The zero-order valence-corrected chi connectivity index (χ0v) is 23.1. The lowest BCUT2D eigenvalue weighted by Crippen LogP contribution is -2.35. The van der Waals surface area contributed by atoms with Crippen molar-refractivity contribution in [3.05, 3.63) is 92.2 Å². The number of carbonyl (C=O) groups is 2. The molecule has 1 N–H and O–H groups in total. The highest BCUT2D eigenvalue weighted by molar-refractivity contribution is 9.10. The van der Waals surface area contributed by atoms with Crippen LogP contribution in [0.2, 0.25) is 5.02 Å². The molecule has 6 nitrogen and oxygen atoms in total. The Kier molecular flexibility index (Phi) is 8.93. The third kappa shape index (κ3) is 6.02. The number of hydrogen-bond donors (Lipinski definition) is 1. The van der Waals surface area contributed by atoms with Crippen molar-refractivity contribution < 1.29 is 31.9 Å². The molecule has 204 valence electrons. The number of nitrogens with zero attached hydrogens (tertiary/aromatic N) is 2. The number of nitrogens with one attached hydrogen (secondary N) is 1. The summed E-state index contributed by atoms with van der Waals surface area (Å²) in [6.45, 7) is 9.38. The monoisotopic (exact) mass is 625 g/mol. The number of amides is 2. The second-order valence-corrected chi connectivity index (χ2v) is 9.60. The van der Waals surface area contributed by atoms with E-state index in [1.165, 1.54) is 48.4 Å². The first-order valence-electron chi connectivity index (χ1n) is 11.3. The van der Waals surface area contributed by atoms with Gasteiger partial charge in [-0.2, -0.15) is 13.2 Å². The van der Waals surface area contributed by atoms with Gasteiger partial charge < -0.3 is 15.0 Å². The van der Waals surface area contributed by atoms with Crippen LogP contribution in [0, 0.1) is 6.57 Å². The van der Waals surface area contributed by atoms with Gasteiger partial charge in [0, 0.05) is 22.1 Å². The van der Waals surface area contributed by atoms with Crippen molar-refractivity contribution in [2.75, 3.05) is 23.9 Å². The SMILES string of the molecule is [C-]#[N+]c1ccc(C(=O)N(CC)c2cccc(C(=O)Nc3c(Cl)cc(C(C)(F)C(F)(F)F)cc3Br)c2OC)cc1. The van der Waals surface area contributed by atoms with Gasteiger partial charge in [-0.15, -0.1) is 0 Å². The molecule has 1 unspecified atom stereocenters. The maximum absolute atomic E-state index is 14.5. The number of halogens is 6. The van der Waals surface area contributed by atoms with E-state index in [9.17, 15) is 27.2 Å². The third-order valence-corrected chi connectivity index (χ3v) is 6.82. The van der Waals surface area contributed by atoms with Gasteiger partial charge in [-0.1, -0.05) is 41.9 Å². The largest absolute Gasteiger partial charge is 0.494 e. The molecule has 0 saturated carbocycles. The molecular formula is C27H21BrClF4N3O3. The minimum Gasteiger partial charge on any atom is -0.494 e. The van der Waals surface area contributed by atoms with Gasteiger partial charge in [-0.25, -0.2) is 9.24 Å². The zero-order chi connectivity index (χ0) is 29.1. The standard InChI is InChI=1S/C27H21BrClF4N3O3/c1-5-36(25(38)15-9-11-17(34-3)12-10-15)21-8-6-7-18(23(21)39-4)24(37)35-22-19(28)13-16(14-20(22)29)26(2,30)27(31,32)33/h6-14H,5H2,1-2,4H3,(H,35,37). The molecule has 0 aliphatic heterocycles. The van der Waals surface area contributed by atoms with Crippen LogP contribution in [0.1, 0.15) is 40.1 Å². The lowest BCUT2D eigenvalue weighted by Gasteiger charge is -2.25. The Morgan fingerprint density at radius 3 is 2.28 bits per heavy atom. The zero-order valence-electron chi connectivity index (χ0n) is 20.8. The first kappa shape index (κ1) is 29.9. The molecule has 3 rings (SSSR count). The molecule has 2 amide bonds. The van der Waals surface area contributed by atoms with Crippen molar-refractivity contribution in [1.29, 1.82) is 0 Å². The Bertz CT molecular complexity index is 1430. The van der Waals surface area contributed by atoms with E-state index in [4.69, 9.17) is 22.9 Å². The lowest BCUT2D eigenvalue weighted by molar-refractivity contribution is -0.228. The minimum atomic E-state index is -5.18. The van der Waals surface area contributed by atoms with E-state index >= 15 is 0 Å². The molecule has 0 heterocycles. The van der Waals surface area contributed by atoms with Gasteiger partial charge in [0.2, 0.25) is 5.67 Å². The van der Waals surface area contributed by atoms with E-state index < -0.39 is 29.2 Å². The Morgan fingerprint density at radius 2 is 1.77 bits per heavy atom. The predicted molar refractivity (Wildman–Crippen MR) is 145 cm³/mol. The van der Waals surface area contributed by atoms with Crippen molar-refractivity contribution in [3.8, 4) is 5.75 Å². The summed E-state index contributed by atoms with van der Waals surface area (Å²) in [6.07, 6.45) is -5.18. The van der Waals surface area contributed by atoms with E-state index in [0.717, 1.165) is 12.1 Å². The van der Waals surface area contributed by atoms with Crippen molar-refractivity contribution in [2.24, 2.45) is 0 Å². The minimum absolute atomic E-state index is 0.00210. The number of para-hydroxylation sites is 1. The summed E-state index contributed by atoms with van der Waals surface area (Å²) >= 11 is 9.21. The first-order valence-corrected chi connectivity index (χ1v) is 12.5. The maximum Gasteiger partial charge on any atom is 0.426 e. The molecule has 0 aliphatic rings. The van der Waals surface area contributed by atoms with E-state index in [-0.39, 0.29) is 38.7 Å². The molecule has 0 aliphatic carbocycles. The number of methoxy groups -OCH3 is 1. The normalized spacial score (nSPS) is 12.7. The van der Waals surface area contributed by atoms with Crippen LogP contribution in [0.25, 0.3) is 4.85 Å². The molecule has 0 fully saturated rings. The maximum atomic E-state index is 14.5. The van der Waals surface area contributed by atoms with Gasteiger partial charge in [-0.3, -0.25) is 9.59 Å². The molecule has 12 heteroatoms. The fourth-order valence-corrected chi connectivity index (χ4v) is 4.64. The second-order valence-electron chi connectivity index (χ2n) is 8.34. The molecule has 3 aromatic rings. The summed E-state index contributed by atoms with van der Waals surface area (Å²) in [4.78, 5) is 31.2. The smallest absolute Gasteiger partial charge is 0.426 e. The number of anilines is 2. The number of hydrogen-bond acceptors (Lipinski definition) is 3. The molecule has 3 aromatic carbocycles. The van der Waals surface area contributed by atoms with Crippen LogP contribution in [0.5, 0.6) is 5.75 Å².